The molecule has 7 heteroatoms. The van der Waals surface area contributed by atoms with Crippen molar-refractivity contribution in [2.24, 2.45) is 0 Å². The van der Waals surface area contributed by atoms with E-state index in [4.69, 9.17) is 4.74 Å². The highest BCUT2D eigenvalue weighted by molar-refractivity contribution is 8.00. The van der Waals surface area contributed by atoms with Gasteiger partial charge < -0.3 is 10.1 Å². The van der Waals surface area contributed by atoms with Crippen LogP contribution in [0.3, 0.4) is 0 Å². The smallest absolute Gasteiger partial charge is 0.316 e. The fourth-order valence-corrected chi connectivity index (χ4v) is 3.48. The van der Waals surface area contributed by atoms with Crippen molar-refractivity contribution in [1.82, 2.24) is 5.32 Å². The number of amides is 1. The van der Waals surface area contributed by atoms with Crippen LogP contribution >= 0.6 is 11.8 Å². The first-order chi connectivity index (χ1) is 12.9. The Morgan fingerprint density at radius 3 is 1.93 bits per heavy atom. The number of nitrogens with one attached hydrogen (secondary N) is 1. The molecule has 0 unspecified atom stereocenters. The Balaban J connectivity index is 2.08. The van der Waals surface area contributed by atoms with Crippen molar-refractivity contribution in [1.29, 1.82) is 0 Å². The lowest BCUT2D eigenvalue weighted by Gasteiger charge is -2.18. The molecule has 0 aliphatic carbocycles. The van der Waals surface area contributed by atoms with Gasteiger partial charge in [0.15, 0.2) is 6.10 Å². The predicted octanol–water partition coefficient (Wildman–Crippen LogP) is 3.86. The molecule has 0 spiro atoms. The molecule has 1 N–H and O–H groups in total. The largest absolute Gasteiger partial charge is 0.452 e. The van der Waals surface area contributed by atoms with Crippen LogP contribution in [0.2, 0.25) is 0 Å². The Hall–Kier alpha value is -2.41. The van der Waals surface area contributed by atoms with Gasteiger partial charge in [-0.1, -0.05) is 24.3 Å². The van der Waals surface area contributed by atoms with Gasteiger partial charge in [0, 0.05) is 6.54 Å². The molecule has 4 nitrogen and oxygen atoms in total. The third kappa shape index (κ3) is 6.36. The molecule has 1 atom stereocenters. The molecule has 0 saturated carbocycles. The zero-order valence-electron chi connectivity index (χ0n) is 15.1. The van der Waals surface area contributed by atoms with E-state index in [-0.39, 0.29) is 28.5 Å². The molecule has 1 amide bonds. The average molecular weight is 393 g/mol. The van der Waals surface area contributed by atoms with Crippen LogP contribution in [0.5, 0.6) is 0 Å². The molecule has 0 radical (unpaired) electrons. The number of rotatable bonds is 8. The number of carbonyl (C=O) groups excluding carboxylic acids is 2. The molecule has 0 saturated heterocycles. The van der Waals surface area contributed by atoms with Crippen LogP contribution in [0.25, 0.3) is 0 Å². The lowest BCUT2D eigenvalue weighted by Crippen LogP contribution is -2.36. The Labute approximate surface area is 161 Å². The van der Waals surface area contributed by atoms with E-state index in [0.29, 0.717) is 6.54 Å². The summed E-state index contributed by atoms with van der Waals surface area (Å²) >= 11 is 1.26. The van der Waals surface area contributed by atoms with E-state index in [1.807, 2.05) is 0 Å². The Kier molecular flexibility index (Phi) is 7.79. The SMILES string of the molecule is CCNC(=O)[C@H](C)OC(=O)CSC(c1ccc(F)cc1)c1ccc(F)cc1. The summed E-state index contributed by atoms with van der Waals surface area (Å²) in [6.45, 7) is 3.73. The fourth-order valence-electron chi connectivity index (χ4n) is 2.41. The van der Waals surface area contributed by atoms with Gasteiger partial charge in [-0.05, 0) is 49.2 Å². The maximum atomic E-state index is 13.2. The summed E-state index contributed by atoms with van der Waals surface area (Å²) in [5.41, 5.74) is 1.55. The minimum absolute atomic E-state index is 0.0107. The minimum Gasteiger partial charge on any atom is -0.452 e. The average Bonchev–Trinajstić information content (AvgIpc) is 2.64. The van der Waals surface area contributed by atoms with Gasteiger partial charge in [0.25, 0.3) is 5.91 Å². The molecule has 27 heavy (non-hydrogen) atoms. The van der Waals surface area contributed by atoms with Gasteiger partial charge in [0.2, 0.25) is 0 Å². The van der Waals surface area contributed by atoms with Gasteiger partial charge in [-0.3, -0.25) is 9.59 Å². The Morgan fingerprint density at radius 2 is 1.48 bits per heavy atom. The summed E-state index contributed by atoms with van der Waals surface area (Å²) in [5, 5.41) is 2.28. The van der Waals surface area contributed by atoms with Gasteiger partial charge in [0.1, 0.15) is 11.6 Å². The number of hydrogen-bond donors (Lipinski definition) is 1. The lowest BCUT2D eigenvalue weighted by molar-refractivity contribution is -0.152. The normalized spacial score (nSPS) is 11.9. The van der Waals surface area contributed by atoms with Crippen LogP contribution in [0.1, 0.15) is 30.2 Å². The first-order valence-corrected chi connectivity index (χ1v) is 9.55. The van der Waals surface area contributed by atoms with Crippen molar-refractivity contribution in [2.45, 2.75) is 25.2 Å². The molecule has 2 aromatic rings. The third-order valence-electron chi connectivity index (χ3n) is 3.74. The maximum Gasteiger partial charge on any atom is 0.316 e. The summed E-state index contributed by atoms with van der Waals surface area (Å²) in [6.07, 6.45) is -0.881. The molecule has 144 valence electrons. The topological polar surface area (TPSA) is 55.4 Å². The summed E-state index contributed by atoms with van der Waals surface area (Å²) < 4.78 is 31.6. The second-order valence-electron chi connectivity index (χ2n) is 5.82. The summed E-state index contributed by atoms with van der Waals surface area (Å²) in [6, 6.07) is 11.8. The van der Waals surface area contributed by atoms with E-state index < -0.39 is 12.1 Å². The van der Waals surface area contributed by atoms with Crippen molar-refractivity contribution in [3.05, 3.63) is 71.3 Å². The Morgan fingerprint density at radius 1 is 1.00 bits per heavy atom. The van der Waals surface area contributed by atoms with Crippen LogP contribution in [0.15, 0.2) is 48.5 Å². The highest BCUT2D eigenvalue weighted by Gasteiger charge is 2.20. The molecule has 0 aromatic heterocycles. The molecule has 0 fully saturated rings. The number of benzene rings is 2. The van der Waals surface area contributed by atoms with Gasteiger partial charge in [-0.25, -0.2) is 8.78 Å². The molecule has 0 aliphatic rings. The van der Waals surface area contributed by atoms with E-state index in [0.717, 1.165) is 11.1 Å². The van der Waals surface area contributed by atoms with Gasteiger partial charge in [0.05, 0.1) is 11.0 Å². The summed E-state index contributed by atoms with van der Waals surface area (Å²) in [7, 11) is 0. The van der Waals surface area contributed by atoms with Gasteiger partial charge in [-0.2, -0.15) is 0 Å². The zero-order chi connectivity index (χ0) is 19.8. The van der Waals surface area contributed by atoms with E-state index in [9.17, 15) is 18.4 Å². The highest BCUT2D eigenvalue weighted by Crippen LogP contribution is 2.35. The molecule has 0 heterocycles. The lowest BCUT2D eigenvalue weighted by atomic mass is 10.0. The first-order valence-electron chi connectivity index (χ1n) is 8.50. The van der Waals surface area contributed by atoms with Crippen LogP contribution < -0.4 is 5.32 Å². The monoisotopic (exact) mass is 393 g/mol. The molecular weight excluding hydrogens is 372 g/mol. The molecule has 2 aromatic carbocycles. The molecule has 0 bridgehead atoms. The predicted molar refractivity (Wildman–Crippen MR) is 101 cm³/mol. The third-order valence-corrected chi connectivity index (χ3v) is 5.02. The number of thioether (sulfide) groups is 1. The fraction of sp³-hybridized carbons (Fsp3) is 0.300. The van der Waals surface area contributed by atoms with Crippen molar-refractivity contribution in [3.63, 3.8) is 0 Å². The zero-order valence-corrected chi connectivity index (χ0v) is 15.9. The van der Waals surface area contributed by atoms with Crippen molar-refractivity contribution in [2.75, 3.05) is 12.3 Å². The number of carbonyl (C=O) groups is 2. The molecule has 0 aliphatic heterocycles. The summed E-state index contributed by atoms with van der Waals surface area (Å²) in [5.74, 6) is -1.63. The second-order valence-corrected chi connectivity index (χ2v) is 6.91. The van der Waals surface area contributed by atoms with Gasteiger partial charge in [-0.15, -0.1) is 11.8 Å². The number of esters is 1. The van der Waals surface area contributed by atoms with Crippen molar-refractivity contribution in [3.8, 4) is 0 Å². The van der Waals surface area contributed by atoms with Crippen molar-refractivity contribution < 1.29 is 23.1 Å². The standard InChI is InChI=1S/C20H21F2NO3S/c1-3-23-20(25)13(2)26-18(24)12-27-19(14-4-8-16(21)9-5-14)15-6-10-17(22)11-7-15/h4-11,13,19H,3,12H2,1-2H3,(H,23,25)/t13-/m0/s1. The number of hydrogen-bond acceptors (Lipinski definition) is 4. The van der Waals surface area contributed by atoms with E-state index >= 15 is 0 Å². The van der Waals surface area contributed by atoms with E-state index in [2.05, 4.69) is 5.32 Å². The molecule has 2 rings (SSSR count). The number of ether oxygens (including phenoxy) is 1. The maximum absolute atomic E-state index is 13.2. The molecular formula is C20H21F2NO3S. The number of likely N-dealkylation sites (N-methyl/N-ethyl adjacent to an activating group) is 1. The van der Waals surface area contributed by atoms with Gasteiger partial charge >= 0.3 is 5.97 Å². The van der Waals surface area contributed by atoms with E-state index in [1.54, 1.807) is 31.2 Å². The first kappa shape index (κ1) is 20.9. The minimum atomic E-state index is -0.881. The van der Waals surface area contributed by atoms with Crippen LogP contribution in [-0.2, 0) is 14.3 Å². The Bertz CT molecular complexity index is 720. The second kappa shape index (κ2) is 10.1. The highest BCUT2D eigenvalue weighted by atomic mass is 32.2. The quantitative estimate of drug-likeness (QED) is 0.692. The van der Waals surface area contributed by atoms with Crippen LogP contribution in [-0.4, -0.2) is 30.3 Å². The van der Waals surface area contributed by atoms with Crippen molar-refractivity contribution >= 4 is 23.6 Å². The number of halogens is 2. The summed E-state index contributed by atoms with van der Waals surface area (Å²) in [4.78, 5) is 23.8. The van der Waals surface area contributed by atoms with Crippen LogP contribution in [0.4, 0.5) is 8.78 Å². The van der Waals surface area contributed by atoms with E-state index in [1.165, 1.54) is 43.0 Å². The van der Waals surface area contributed by atoms with Crippen LogP contribution in [0, 0.1) is 11.6 Å².